The topological polar surface area (TPSA) is 0 Å². The lowest BCUT2D eigenvalue weighted by molar-refractivity contribution is -0.138. The van der Waals surface area contributed by atoms with E-state index in [-0.39, 0.29) is 6.07 Å². The van der Waals surface area contributed by atoms with Crippen LogP contribution in [0.2, 0.25) is 0 Å². The molecule has 0 saturated heterocycles. The molecule has 0 bridgehead atoms. The summed E-state index contributed by atoms with van der Waals surface area (Å²) in [5.74, 6) is -2.84. The van der Waals surface area contributed by atoms with Crippen LogP contribution in [0.4, 0.5) is 22.0 Å². The maximum absolute atomic E-state index is 12.4. The van der Waals surface area contributed by atoms with Crippen LogP contribution in [0.1, 0.15) is 5.56 Å². The standard InChI is InChI=1S/C7H2BrF5/c8-4-2-6(10)5(9)1-3(4)7(11,12)13/h1-2H. The normalized spacial score (nSPS) is 11.8. The molecule has 0 nitrogen and oxygen atoms in total. The molecular weight excluding hydrogens is 259 g/mol. The third kappa shape index (κ3) is 2.18. The molecule has 0 heterocycles. The van der Waals surface area contributed by atoms with E-state index in [2.05, 4.69) is 15.9 Å². The maximum Gasteiger partial charge on any atom is 0.417 e. The molecule has 72 valence electrons. The summed E-state index contributed by atoms with van der Waals surface area (Å²) in [4.78, 5) is 0. The van der Waals surface area contributed by atoms with Crippen molar-refractivity contribution in [2.75, 3.05) is 0 Å². The molecule has 0 aliphatic heterocycles. The van der Waals surface area contributed by atoms with Crippen molar-refractivity contribution in [1.29, 1.82) is 0 Å². The number of rotatable bonds is 0. The molecule has 0 spiro atoms. The van der Waals surface area contributed by atoms with Gasteiger partial charge in [-0.3, -0.25) is 0 Å². The summed E-state index contributed by atoms with van der Waals surface area (Å²) in [6.45, 7) is 0. The summed E-state index contributed by atoms with van der Waals surface area (Å²) in [6, 6.07) is 0.553. The molecule has 13 heavy (non-hydrogen) atoms. The summed E-state index contributed by atoms with van der Waals surface area (Å²) in [5.41, 5.74) is -1.23. The van der Waals surface area contributed by atoms with Crippen LogP contribution in [0.3, 0.4) is 0 Å². The third-order valence-electron chi connectivity index (χ3n) is 1.32. The fourth-order valence-corrected chi connectivity index (χ4v) is 1.28. The fraction of sp³-hybridized carbons (Fsp3) is 0.143. The molecule has 0 unspecified atom stereocenters. The van der Waals surface area contributed by atoms with Crippen LogP contribution in [0, 0.1) is 11.6 Å². The van der Waals surface area contributed by atoms with Gasteiger partial charge in [0.25, 0.3) is 0 Å². The second-order valence-electron chi connectivity index (χ2n) is 2.24. The van der Waals surface area contributed by atoms with E-state index in [1.807, 2.05) is 0 Å². The number of hydrogen-bond acceptors (Lipinski definition) is 0. The van der Waals surface area contributed by atoms with Crippen LogP contribution in [-0.2, 0) is 6.18 Å². The van der Waals surface area contributed by atoms with E-state index in [1.54, 1.807) is 0 Å². The highest BCUT2D eigenvalue weighted by molar-refractivity contribution is 9.10. The monoisotopic (exact) mass is 260 g/mol. The highest BCUT2D eigenvalue weighted by Gasteiger charge is 2.34. The Morgan fingerprint density at radius 2 is 1.46 bits per heavy atom. The predicted octanol–water partition coefficient (Wildman–Crippen LogP) is 3.75. The Hall–Kier alpha value is -0.650. The molecule has 1 rings (SSSR count). The van der Waals surface area contributed by atoms with Crippen LogP contribution >= 0.6 is 15.9 Å². The number of benzene rings is 1. The van der Waals surface area contributed by atoms with Gasteiger partial charge in [-0.15, -0.1) is 0 Å². The molecule has 1 aromatic carbocycles. The Morgan fingerprint density at radius 3 is 1.92 bits per heavy atom. The molecule has 0 atom stereocenters. The van der Waals surface area contributed by atoms with Crippen molar-refractivity contribution in [2.24, 2.45) is 0 Å². The third-order valence-corrected chi connectivity index (χ3v) is 1.97. The van der Waals surface area contributed by atoms with Gasteiger partial charge in [0.1, 0.15) is 0 Å². The molecule has 0 N–H and O–H groups in total. The lowest BCUT2D eigenvalue weighted by Crippen LogP contribution is -2.07. The number of alkyl halides is 3. The van der Waals surface area contributed by atoms with Gasteiger partial charge >= 0.3 is 6.18 Å². The van der Waals surface area contributed by atoms with Gasteiger partial charge in [0.05, 0.1) is 5.56 Å². The molecule has 0 aromatic heterocycles. The van der Waals surface area contributed by atoms with Gasteiger partial charge in [0.2, 0.25) is 0 Å². The van der Waals surface area contributed by atoms with Gasteiger partial charge in [-0.2, -0.15) is 13.2 Å². The van der Waals surface area contributed by atoms with E-state index < -0.39 is 27.8 Å². The largest absolute Gasteiger partial charge is 0.417 e. The fourth-order valence-electron chi connectivity index (χ4n) is 0.740. The van der Waals surface area contributed by atoms with E-state index in [0.717, 1.165) is 0 Å². The Balaban J connectivity index is 3.32. The van der Waals surface area contributed by atoms with Crippen molar-refractivity contribution in [3.8, 4) is 0 Å². The van der Waals surface area contributed by atoms with E-state index in [4.69, 9.17) is 0 Å². The van der Waals surface area contributed by atoms with Gasteiger partial charge in [-0.1, -0.05) is 15.9 Å². The van der Waals surface area contributed by atoms with Crippen molar-refractivity contribution in [1.82, 2.24) is 0 Å². The Labute approximate surface area is 78.5 Å². The molecular formula is C7H2BrF5. The minimum Gasteiger partial charge on any atom is -0.204 e. The first-order chi connectivity index (χ1) is 5.82. The zero-order chi connectivity index (χ0) is 10.2. The van der Waals surface area contributed by atoms with Gasteiger partial charge in [0, 0.05) is 4.47 Å². The van der Waals surface area contributed by atoms with Gasteiger partial charge in [0.15, 0.2) is 11.6 Å². The zero-order valence-corrected chi connectivity index (χ0v) is 7.51. The maximum atomic E-state index is 12.4. The highest BCUT2D eigenvalue weighted by atomic mass is 79.9. The average molecular weight is 261 g/mol. The second-order valence-corrected chi connectivity index (χ2v) is 3.10. The summed E-state index contributed by atoms with van der Waals surface area (Å²) >= 11 is 2.49. The van der Waals surface area contributed by atoms with Gasteiger partial charge in [-0.05, 0) is 12.1 Å². The van der Waals surface area contributed by atoms with Crippen molar-refractivity contribution in [2.45, 2.75) is 6.18 Å². The molecule has 0 aliphatic rings. The summed E-state index contributed by atoms with van der Waals surface area (Å²) < 4.78 is 60.4. The smallest absolute Gasteiger partial charge is 0.204 e. The van der Waals surface area contributed by atoms with Crippen LogP contribution in [-0.4, -0.2) is 0 Å². The first kappa shape index (κ1) is 10.4. The van der Waals surface area contributed by atoms with E-state index in [1.165, 1.54) is 0 Å². The minimum absolute atomic E-state index is 0.111. The molecule has 1 aromatic rings. The molecule has 0 aliphatic carbocycles. The SMILES string of the molecule is Fc1cc(Br)c(C(F)(F)F)cc1F. The predicted molar refractivity (Wildman–Crippen MR) is 39.1 cm³/mol. The molecule has 0 fully saturated rings. The summed E-state index contributed by atoms with van der Waals surface area (Å²) in [6.07, 6.45) is -4.69. The summed E-state index contributed by atoms with van der Waals surface area (Å²) in [7, 11) is 0. The van der Waals surface area contributed by atoms with Crippen LogP contribution in [0.15, 0.2) is 16.6 Å². The van der Waals surface area contributed by atoms with E-state index >= 15 is 0 Å². The van der Waals surface area contributed by atoms with Crippen molar-refractivity contribution >= 4 is 15.9 Å². The Bertz CT molecular complexity index is 330. The van der Waals surface area contributed by atoms with Crippen molar-refractivity contribution < 1.29 is 22.0 Å². The van der Waals surface area contributed by atoms with Gasteiger partial charge in [-0.25, -0.2) is 8.78 Å². The van der Waals surface area contributed by atoms with Crippen LogP contribution in [0.25, 0.3) is 0 Å². The molecule has 6 heteroatoms. The molecule has 0 radical (unpaired) electrons. The summed E-state index contributed by atoms with van der Waals surface area (Å²) in [5, 5.41) is 0. The van der Waals surface area contributed by atoms with Gasteiger partial charge < -0.3 is 0 Å². The molecule has 0 amide bonds. The quantitative estimate of drug-likeness (QED) is 0.493. The number of hydrogen-bond donors (Lipinski definition) is 0. The first-order valence-corrected chi connectivity index (χ1v) is 3.83. The van der Waals surface area contributed by atoms with Crippen molar-refractivity contribution in [3.63, 3.8) is 0 Å². The second kappa shape index (κ2) is 3.25. The highest BCUT2D eigenvalue weighted by Crippen LogP contribution is 2.35. The van der Waals surface area contributed by atoms with Crippen molar-refractivity contribution in [3.05, 3.63) is 33.8 Å². The lowest BCUT2D eigenvalue weighted by atomic mass is 10.2. The Kier molecular flexibility index (Phi) is 2.61. The van der Waals surface area contributed by atoms with E-state index in [9.17, 15) is 22.0 Å². The molecule has 0 saturated carbocycles. The first-order valence-electron chi connectivity index (χ1n) is 3.04. The Morgan fingerprint density at radius 1 is 1.00 bits per heavy atom. The van der Waals surface area contributed by atoms with E-state index in [0.29, 0.717) is 6.07 Å². The zero-order valence-electron chi connectivity index (χ0n) is 5.92. The average Bonchev–Trinajstić information content (AvgIpc) is 1.94. The minimum atomic E-state index is -4.69. The van der Waals surface area contributed by atoms with Crippen LogP contribution < -0.4 is 0 Å². The number of halogens is 6. The lowest BCUT2D eigenvalue weighted by Gasteiger charge is -2.08. The van der Waals surface area contributed by atoms with Crippen LogP contribution in [0.5, 0.6) is 0 Å².